The average molecular weight is 447 g/mol. The quantitative estimate of drug-likeness (QED) is 0.365. The third-order valence-electron chi connectivity index (χ3n) is 4.94. The molecule has 4 aromatic rings. The molecule has 2 aromatic heterocycles. The summed E-state index contributed by atoms with van der Waals surface area (Å²) in [4.78, 5) is 4.25. The van der Waals surface area contributed by atoms with E-state index in [0.29, 0.717) is 11.7 Å². The molecule has 0 radical (unpaired) electrons. The fraction of sp³-hybridized carbons (Fsp3) is 0.240. The van der Waals surface area contributed by atoms with Crippen molar-refractivity contribution in [3.63, 3.8) is 0 Å². The van der Waals surface area contributed by atoms with Crippen LogP contribution < -0.4 is 4.74 Å². The smallest absolute Gasteiger partial charge is 0.196 e. The first-order chi connectivity index (χ1) is 15.6. The van der Waals surface area contributed by atoms with Crippen LogP contribution in [0.2, 0.25) is 0 Å². The molecule has 0 saturated heterocycles. The Bertz CT molecular complexity index is 1130. The Labute approximate surface area is 192 Å². The van der Waals surface area contributed by atoms with Crippen LogP contribution in [-0.2, 0) is 0 Å². The van der Waals surface area contributed by atoms with Crippen molar-refractivity contribution >= 4 is 11.8 Å². The van der Waals surface area contributed by atoms with Crippen molar-refractivity contribution < 1.29 is 9.84 Å². The van der Waals surface area contributed by atoms with Crippen LogP contribution in [0.1, 0.15) is 25.3 Å². The first-order valence-corrected chi connectivity index (χ1v) is 11.6. The zero-order valence-electron chi connectivity index (χ0n) is 18.1. The lowest BCUT2D eigenvalue weighted by molar-refractivity contribution is 0.126. The summed E-state index contributed by atoms with van der Waals surface area (Å²) in [5.41, 5.74) is 3.12. The van der Waals surface area contributed by atoms with Crippen molar-refractivity contribution in [3.8, 4) is 22.8 Å². The largest absolute Gasteiger partial charge is 0.491 e. The number of pyridine rings is 1. The molecule has 1 atom stereocenters. The van der Waals surface area contributed by atoms with Crippen molar-refractivity contribution in [3.05, 3.63) is 84.7 Å². The molecule has 2 heterocycles. The highest BCUT2D eigenvalue weighted by Crippen LogP contribution is 2.32. The number of thioether (sulfide) groups is 1. The molecular formula is C25H26N4O2S. The van der Waals surface area contributed by atoms with E-state index in [4.69, 9.17) is 4.74 Å². The number of benzene rings is 2. The second-order valence-electron chi connectivity index (χ2n) is 7.69. The van der Waals surface area contributed by atoms with Gasteiger partial charge in [0.2, 0.25) is 0 Å². The lowest BCUT2D eigenvalue weighted by Gasteiger charge is -2.17. The predicted octanol–water partition coefficient (Wildman–Crippen LogP) is 4.98. The molecule has 32 heavy (non-hydrogen) atoms. The molecule has 0 amide bonds. The van der Waals surface area contributed by atoms with Gasteiger partial charge >= 0.3 is 0 Å². The van der Waals surface area contributed by atoms with Crippen LogP contribution in [0.3, 0.4) is 0 Å². The Balaban J connectivity index is 1.59. The van der Waals surface area contributed by atoms with Crippen LogP contribution in [-0.4, -0.2) is 43.3 Å². The summed E-state index contributed by atoms with van der Waals surface area (Å²) < 4.78 is 7.74. The van der Waals surface area contributed by atoms with E-state index in [1.807, 2.05) is 54.6 Å². The van der Waals surface area contributed by atoms with Crippen molar-refractivity contribution in [2.24, 2.45) is 0 Å². The van der Waals surface area contributed by atoms with Crippen LogP contribution in [0.15, 0.2) is 84.3 Å². The number of para-hydroxylation sites is 2. The highest BCUT2D eigenvalue weighted by molar-refractivity contribution is 7.99. The van der Waals surface area contributed by atoms with Gasteiger partial charge < -0.3 is 9.84 Å². The van der Waals surface area contributed by atoms with Crippen LogP contribution in [0.5, 0.6) is 5.75 Å². The van der Waals surface area contributed by atoms with E-state index in [0.717, 1.165) is 28.0 Å². The third-order valence-corrected chi connectivity index (χ3v) is 6.02. The normalized spacial score (nSPS) is 12.1. The van der Waals surface area contributed by atoms with E-state index in [-0.39, 0.29) is 6.61 Å². The summed E-state index contributed by atoms with van der Waals surface area (Å²) in [6.07, 6.45) is 2.88. The Kier molecular flexibility index (Phi) is 7.19. The van der Waals surface area contributed by atoms with Gasteiger partial charge in [-0.3, -0.25) is 9.55 Å². The first-order valence-electron chi connectivity index (χ1n) is 10.6. The molecular weight excluding hydrogens is 420 g/mol. The van der Waals surface area contributed by atoms with E-state index in [1.54, 1.807) is 12.4 Å². The zero-order valence-corrected chi connectivity index (χ0v) is 18.9. The molecule has 0 aliphatic rings. The van der Waals surface area contributed by atoms with Gasteiger partial charge in [-0.05, 0) is 41.8 Å². The van der Waals surface area contributed by atoms with E-state index in [1.165, 1.54) is 17.3 Å². The van der Waals surface area contributed by atoms with Gasteiger partial charge in [0.05, 0.1) is 11.8 Å². The molecule has 0 fully saturated rings. The van der Waals surface area contributed by atoms with E-state index in [2.05, 4.69) is 45.7 Å². The van der Waals surface area contributed by atoms with E-state index in [9.17, 15) is 5.11 Å². The van der Waals surface area contributed by atoms with Crippen molar-refractivity contribution in [1.82, 2.24) is 19.7 Å². The lowest BCUT2D eigenvalue weighted by Crippen LogP contribution is -2.20. The van der Waals surface area contributed by atoms with Gasteiger partial charge in [-0.1, -0.05) is 62.0 Å². The summed E-state index contributed by atoms with van der Waals surface area (Å²) in [6.45, 7) is 4.55. The third kappa shape index (κ3) is 5.18. The number of rotatable bonds is 9. The second kappa shape index (κ2) is 10.4. The Morgan fingerprint density at radius 1 is 0.969 bits per heavy atom. The van der Waals surface area contributed by atoms with Gasteiger partial charge in [-0.25, -0.2) is 0 Å². The number of aliphatic hydroxyl groups excluding tert-OH is 1. The minimum Gasteiger partial charge on any atom is -0.491 e. The summed E-state index contributed by atoms with van der Waals surface area (Å²) in [5.74, 6) is 2.23. The number of nitrogens with zero attached hydrogens (tertiary/aromatic N) is 4. The van der Waals surface area contributed by atoms with Crippen LogP contribution in [0.4, 0.5) is 0 Å². The highest BCUT2D eigenvalue weighted by atomic mass is 32.2. The van der Waals surface area contributed by atoms with Gasteiger partial charge in [-0.15, -0.1) is 10.2 Å². The molecule has 1 N–H and O–H groups in total. The molecule has 6 nitrogen and oxygen atoms in total. The maximum absolute atomic E-state index is 10.5. The molecule has 0 unspecified atom stereocenters. The zero-order chi connectivity index (χ0) is 22.3. The molecule has 0 saturated carbocycles. The van der Waals surface area contributed by atoms with Gasteiger partial charge in [0.1, 0.15) is 12.4 Å². The number of hydrogen-bond donors (Lipinski definition) is 1. The molecule has 4 rings (SSSR count). The first kappa shape index (κ1) is 22.0. The van der Waals surface area contributed by atoms with E-state index < -0.39 is 6.10 Å². The Morgan fingerprint density at radius 2 is 1.75 bits per heavy atom. The summed E-state index contributed by atoms with van der Waals surface area (Å²) in [7, 11) is 0. The molecule has 2 aromatic carbocycles. The maximum atomic E-state index is 10.5. The molecule has 0 aliphatic heterocycles. The van der Waals surface area contributed by atoms with Gasteiger partial charge in [-0.2, -0.15) is 0 Å². The maximum Gasteiger partial charge on any atom is 0.196 e. The van der Waals surface area contributed by atoms with Gasteiger partial charge in [0, 0.05) is 23.7 Å². The molecule has 0 bridgehead atoms. The number of ether oxygens (including phenoxy) is 1. The summed E-state index contributed by atoms with van der Waals surface area (Å²) >= 11 is 1.46. The predicted molar refractivity (Wildman–Crippen MR) is 127 cm³/mol. The average Bonchev–Trinajstić information content (AvgIpc) is 3.26. The number of aliphatic hydroxyl groups is 1. The van der Waals surface area contributed by atoms with Crippen LogP contribution in [0.25, 0.3) is 17.1 Å². The highest BCUT2D eigenvalue weighted by Gasteiger charge is 2.20. The SMILES string of the molecule is CC(C)c1ccccc1-n1c(SC[C@H](O)COc2ccccc2)nnc1-c1cccnc1. The van der Waals surface area contributed by atoms with Crippen LogP contribution in [0, 0.1) is 0 Å². The van der Waals surface area contributed by atoms with Gasteiger partial charge in [0.15, 0.2) is 11.0 Å². The van der Waals surface area contributed by atoms with Crippen LogP contribution >= 0.6 is 11.8 Å². The molecule has 7 heteroatoms. The number of aromatic nitrogens is 4. The lowest BCUT2D eigenvalue weighted by atomic mass is 10.0. The Hall–Kier alpha value is -3.16. The van der Waals surface area contributed by atoms with Crippen molar-refractivity contribution in [2.45, 2.75) is 31.0 Å². The second-order valence-corrected chi connectivity index (χ2v) is 8.67. The minimum absolute atomic E-state index is 0.212. The molecule has 164 valence electrons. The summed E-state index contributed by atoms with van der Waals surface area (Å²) in [5, 5.41) is 20.1. The monoisotopic (exact) mass is 446 g/mol. The standard InChI is InChI=1S/C25H26N4O2S/c1-18(2)22-12-6-7-13-23(22)29-24(19-9-8-14-26-15-19)27-28-25(29)32-17-20(30)16-31-21-10-4-3-5-11-21/h3-15,18,20,30H,16-17H2,1-2H3/t20-/m1/s1. The summed E-state index contributed by atoms with van der Waals surface area (Å²) in [6, 6.07) is 21.6. The van der Waals surface area contributed by atoms with Crippen molar-refractivity contribution in [2.75, 3.05) is 12.4 Å². The topological polar surface area (TPSA) is 73.1 Å². The van der Waals surface area contributed by atoms with Gasteiger partial charge in [0.25, 0.3) is 0 Å². The fourth-order valence-corrected chi connectivity index (χ4v) is 4.22. The number of hydrogen-bond acceptors (Lipinski definition) is 6. The van der Waals surface area contributed by atoms with E-state index >= 15 is 0 Å². The minimum atomic E-state index is -0.646. The molecule has 0 aliphatic carbocycles. The fourth-order valence-electron chi connectivity index (χ4n) is 3.37. The Morgan fingerprint density at radius 3 is 2.50 bits per heavy atom. The molecule has 0 spiro atoms. The van der Waals surface area contributed by atoms with Crippen molar-refractivity contribution in [1.29, 1.82) is 0 Å².